The zero-order chi connectivity index (χ0) is 10.8. The predicted molar refractivity (Wildman–Crippen MR) is 50.0 cm³/mol. The van der Waals surface area contributed by atoms with Crippen LogP contribution in [0.15, 0.2) is 0 Å². The summed E-state index contributed by atoms with van der Waals surface area (Å²) in [5.74, 6) is -2.64. The monoisotopic (exact) mass is 247 g/mol. The van der Waals surface area contributed by atoms with E-state index in [1.807, 2.05) is 0 Å². The van der Waals surface area contributed by atoms with Crippen molar-refractivity contribution in [1.82, 2.24) is 4.72 Å². The maximum Gasteiger partial charge on any atom is 0.248 e. The molecule has 0 aromatic carbocycles. The largest absolute Gasteiger partial charge is 0.248 e. The van der Waals surface area contributed by atoms with Gasteiger partial charge in [0.1, 0.15) is 5.21 Å². The molecular weight excluding hydrogens is 236 g/mol. The highest BCUT2D eigenvalue weighted by Gasteiger charge is 2.35. The van der Waals surface area contributed by atoms with Crippen molar-refractivity contribution in [2.45, 2.75) is 37.6 Å². The van der Waals surface area contributed by atoms with Crippen molar-refractivity contribution >= 4 is 21.6 Å². The van der Waals surface area contributed by atoms with E-state index in [1.54, 1.807) is 0 Å². The third-order valence-corrected chi connectivity index (χ3v) is 4.05. The molecule has 0 heterocycles. The molecule has 0 aromatic rings. The van der Waals surface area contributed by atoms with E-state index in [-0.39, 0.29) is 25.7 Å². The molecule has 1 N–H and O–H groups in total. The number of alkyl halides is 3. The fraction of sp³-hybridized carbons (Fsp3) is 1.00. The smallest absolute Gasteiger partial charge is 0.211 e. The van der Waals surface area contributed by atoms with Gasteiger partial charge in [0.05, 0.1) is 0 Å². The third-order valence-electron chi connectivity index (χ3n) is 2.21. The summed E-state index contributed by atoms with van der Waals surface area (Å²) in [5, 5.41) is -0.528. The first kappa shape index (κ1) is 12.1. The lowest BCUT2D eigenvalue weighted by atomic mass is 9.93. The van der Waals surface area contributed by atoms with E-state index in [0.717, 1.165) is 0 Å². The predicted octanol–water partition coefficient (Wildman–Crippen LogP) is 1.68. The number of sulfonamides is 1. The molecule has 0 atom stereocenters. The van der Waals surface area contributed by atoms with Crippen molar-refractivity contribution in [3.63, 3.8) is 0 Å². The first-order valence-electron chi connectivity index (χ1n) is 4.28. The number of halogens is 3. The number of nitrogens with one attached hydrogen (secondary N) is 1. The molecule has 1 aliphatic rings. The molecule has 0 aromatic heterocycles. The second-order valence-electron chi connectivity index (χ2n) is 3.47. The van der Waals surface area contributed by atoms with Crippen molar-refractivity contribution in [2.75, 3.05) is 5.21 Å². The molecule has 0 bridgehead atoms. The van der Waals surface area contributed by atoms with Crippen LogP contribution in [0.1, 0.15) is 25.7 Å². The van der Waals surface area contributed by atoms with Crippen LogP contribution in [-0.4, -0.2) is 25.6 Å². The minimum absolute atomic E-state index is 0.170. The van der Waals surface area contributed by atoms with Crippen LogP contribution in [0.3, 0.4) is 0 Å². The third kappa shape index (κ3) is 3.67. The van der Waals surface area contributed by atoms with E-state index in [9.17, 15) is 17.2 Å². The molecule has 7 heteroatoms. The first-order chi connectivity index (χ1) is 6.35. The molecule has 1 aliphatic carbocycles. The van der Waals surface area contributed by atoms with Crippen molar-refractivity contribution < 1.29 is 17.2 Å². The quantitative estimate of drug-likeness (QED) is 0.772. The molecular formula is C7H12ClF2NO2S. The lowest BCUT2D eigenvalue weighted by Crippen LogP contribution is -2.40. The highest BCUT2D eigenvalue weighted by Crippen LogP contribution is 2.33. The van der Waals surface area contributed by atoms with Gasteiger partial charge in [0.25, 0.3) is 0 Å². The van der Waals surface area contributed by atoms with Crippen LogP contribution in [-0.2, 0) is 10.0 Å². The zero-order valence-electron chi connectivity index (χ0n) is 7.47. The van der Waals surface area contributed by atoms with E-state index >= 15 is 0 Å². The van der Waals surface area contributed by atoms with Gasteiger partial charge in [-0.15, -0.1) is 11.6 Å². The van der Waals surface area contributed by atoms with Crippen LogP contribution >= 0.6 is 11.6 Å². The number of hydrogen-bond acceptors (Lipinski definition) is 2. The van der Waals surface area contributed by atoms with E-state index in [4.69, 9.17) is 11.6 Å². The summed E-state index contributed by atoms with van der Waals surface area (Å²) in [5.41, 5.74) is 0. The molecule has 1 saturated carbocycles. The Morgan fingerprint density at radius 3 is 2.29 bits per heavy atom. The maximum absolute atomic E-state index is 12.7. The van der Waals surface area contributed by atoms with Crippen molar-refractivity contribution in [3.05, 3.63) is 0 Å². The summed E-state index contributed by atoms with van der Waals surface area (Å²) in [6.07, 6.45) is -0.183. The van der Waals surface area contributed by atoms with Gasteiger partial charge in [-0.05, 0) is 12.8 Å². The molecule has 0 saturated heterocycles. The van der Waals surface area contributed by atoms with Gasteiger partial charge in [0, 0.05) is 18.9 Å². The molecule has 14 heavy (non-hydrogen) atoms. The SMILES string of the molecule is O=S(=O)(CCl)NC1CCC(F)(F)CC1. The molecule has 0 aliphatic heterocycles. The lowest BCUT2D eigenvalue weighted by molar-refractivity contribution is -0.0387. The van der Waals surface area contributed by atoms with Gasteiger partial charge in [-0.1, -0.05) is 0 Å². The minimum Gasteiger partial charge on any atom is -0.211 e. The summed E-state index contributed by atoms with van der Waals surface area (Å²) in [4.78, 5) is 0. The standard InChI is InChI=1S/C7H12ClF2NO2S/c8-5-14(12,13)11-6-1-3-7(9,10)4-2-6/h6,11H,1-5H2. The van der Waals surface area contributed by atoms with Crippen LogP contribution in [0.2, 0.25) is 0 Å². The highest BCUT2D eigenvalue weighted by molar-refractivity contribution is 7.90. The summed E-state index contributed by atoms with van der Waals surface area (Å²) >= 11 is 5.17. The van der Waals surface area contributed by atoms with Crippen LogP contribution in [0.25, 0.3) is 0 Å². The van der Waals surface area contributed by atoms with Crippen LogP contribution in [0.5, 0.6) is 0 Å². The maximum atomic E-state index is 12.7. The second kappa shape index (κ2) is 4.28. The van der Waals surface area contributed by atoms with E-state index in [2.05, 4.69) is 4.72 Å². The Hall–Kier alpha value is 0.0600. The van der Waals surface area contributed by atoms with Gasteiger partial charge >= 0.3 is 0 Å². The first-order valence-corrected chi connectivity index (χ1v) is 6.47. The Morgan fingerprint density at radius 1 is 1.36 bits per heavy atom. The summed E-state index contributed by atoms with van der Waals surface area (Å²) in [6, 6.07) is -0.390. The Balaban J connectivity index is 2.44. The summed E-state index contributed by atoms with van der Waals surface area (Å²) in [6.45, 7) is 0. The van der Waals surface area contributed by atoms with E-state index in [0.29, 0.717) is 0 Å². The fourth-order valence-corrected chi connectivity index (χ4v) is 2.44. The van der Waals surface area contributed by atoms with E-state index < -0.39 is 27.2 Å². The topological polar surface area (TPSA) is 46.2 Å². The van der Waals surface area contributed by atoms with E-state index in [1.165, 1.54) is 0 Å². The molecule has 1 fully saturated rings. The van der Waals surface area contributed by atoms with Gasteiger partial charge in [-0.25, -0.2) is 21.9 Å². The molecule has 1 rings (SSSR count). The number of rotatable bonds is 3. The molecule has 84 valence electrons. The molecule has 0 spiro atoms. The van der Waals surface area contributed by atoms with Gasteiger partial charge < -0.3 is 0 Å². The normalized spacial score (nSPS) is 23.6. The Labute approximate surface area is 86.9 Å². The molecule has 0 radical (unpaired) electrons. The van der Waals surface area contributed by atoms with Gasteiger partial charge in [0.2, 0.25) is 15.9 Å². The Bertz CT molecular complexity index is 284. The minimum atomic E-state index is -3.49. The molecule has 0 amide bonds. The molecule has 3 nitrogen and oxygen atoms in total. The van der Waals surface area contributed by atoms with Gasteiger partial charge in [-0.2, -0.15) is 0 Å². The average Bonchev–Trinajstić information content (AvgIpc) is 2.09. The average molecular weight is 248 g/mol. The Morgan fingerprint density at radius 2 is 1.86 bits per heavy atom. The summed E-state index contributed by atoms with van der Waals surface area (Å²) < 4.78 is 49.7. The Kier molecular flexibility index (Phi) is 3.71. The van der Waals surface area contributed by atoms with Crippen molar-refractivity contribution in [3.8, 4) is 0 Å². The van der Waals surface area contributed by atoms with Crippen molar-refractivity contribution in [1.29, 1.82) is 0 Å². The molecule has 0 unspecified atom stereocenters. The fourth-order valence-electron chi connectivity index (χ4n) is 1.44. The summed E-state index contributed by atoms with van der Waals surface area (Å²) in [7, 11) is -3.49. The van der Waals surface area contributed by atoms with Crippen molar-refractivity contribution in [2.24, 2.45) is 0 Å². The zero-order valence-corrected chi connectivity index (χ0v) is 9.04. The second-order valence-corrected chi connectivity index (χ2v) is 5.81. The van der Waals surface area contributed by atoms with Crippen LogP contribution in [0, 0.1) is 0 Å². The van der Waals surface area contributed by atoms with Gasteiger partial charge in [0.15, 0.2) is 0 Å². The highest BCUT2D eigenvalue weighted by atomic mass is 35.5. The lowest BCUT2D eigenvalue weighted by Gasteiger charge is -2.28. The van der Waals surface area contributed by atoms with Crippen LogP contribution in [0.4, 0.5) is 8.78 Å². The number of hydrogen-bond donors (Lipinski definition) is 1. The van der Waals surface area contributed by atoms with Gasteiger partial charge in [-0.3, -0.25) is 0 Å². The van der Waals surface area contributed by atoms with Crippen LogP contribution < -0.4 is 4.72 Å².